The lowest BCUT2D eigenvalue weighted by Gasteiger charge is -2.34. The van der Waals surface area contributed by atoms with Crippen molar-refractivity contribution in [1.82, 2.24) is 4.31 Å². The summed E-state index contributed by atoms with van der Waals surface area (Å²) in [5.41, 5.74) is 1.65. The molecule has 0 bridgehead atoms. The fourth-order valence-corrected chi connectivity index (χ4v) is 4.92. The predicted octanol–water partition coefficient (Wildman–Crippen LogP) is 0.920. The van der Waals surface area contributed by atoms with Crippen LogP contribution >= 0.6 is 0 Å². The maximum atomic E-state index is 12.8. The Morgan fingerprint density at radius 2 is 1.72 bits per heavy atom. The lowest BCUT2D eigenvalue weighted by Crippen LogP contribution is -3.19. The summed E-state index contributed by atoms with van der Waals surface area (Å²) in [7, 11) is -1.94. The number of ether oxygens (including phenoxy) is 1. The number of methoxy groups -OCH3 is 1. The van der Waals surface area contributed by atoms with Gasteiger partial charge in [-0.3, -0.25) is 4.79 Å². The van der Waals surface area contributed by atoms with Gasteiger partial charge in [-0.2, -0.15) is 4.31 Å². The lowest BCUT2D eigenvalue weighted by molar-refractivity contribution is -0.917. The molecule has 0 saturated carbocycles. The quantitative estimate of drug-likeness (QED) is 0.731. The number of amides is 1. The first-order valence-electron chi connectivity index (χ1n) is 9.68. The molecule has 2 aromatic rings. The Balaban J connectivity index is 1.61. The topological polar surface area (TPSA) is 80.2 Å². The monoisotopic (exact) mass is 418 g/mol. The molecular weight excluding hydrogens is 390 g/mol. The first kappa shape index (κ1) is 21.3. The van der Waals surface area contributed by atoms with Crippen LogP contribution in [0.2, 0.25) is 0 Å². The number of anilines is 1. The van der Waals surface area contributed by atoms with E-state index in [4.69, 9.17) is 4.74 Å². The molecule has 0 aromatic heterocycles. The predicted molar refractivity (Wildman–Crippen MR) is 112 cm³/mol. The van der Waals surface area contributed by atoms with Crippen LogP contribution < -0.4 is 15.0 Å². The zero-order chi connectivity index (χ0) is 21.0. The van der Waals surface area contributed by atoms with E-state index in [0.29, 0.717) is 42.5 Å². The number of quaternary nitrogens is 1. The lowest BCUT2D eigenvalue weighted by atomic mass is 10.2. The van der Waals surface area contributed by atoms with E-state index in [-0.39, 0.29) is 11.9 Å². The number of carbonyl (C=O) groups is 1. The molecule has 8 heteroatoms. The molecule has 0 unspecified atom stereocenters. The maximum Gasteiger partial charge on any atom is 0.282 e. The summed E-state index contributed by atoms with van der Waals surface area (Å²) in [6.45, 7) is 5.72. The van der Waals surface area contributed by atoms with E-state index in [9.17, 15) is 13.2 Å². The van der Waals surface area contributed by atoms with Crippen LogP contribution in [0.4, 0.5) is 5.69 Å². The van der Waals surface area contributed by atoms with Crippen molar-refractivity contribution >= 4 is 21.6 Å². The number of piperazine rings is 1. The van der Waals surface area contributed by atoms with Crippen LogP contribution in [0.15, 0.2) is 53.4 Å². The van der Waals surface area contributed by atoms with E-state index in [1.165, 1.54) is 4.31 Å². The average molecular weight is 419 g/mol. The van der Waals surface area contributed by atoms with Gasteiger partial charge >= 0.3 is 0 Å². The molecule has 1 heterocycles. The van der Waals surface area contributed by atoms with Crippen molar-refractivity contribution in [1.29, 1.82) is 0 Å². The van der Waals surface area contributed by atoms with E-state index >= 15 is 0 Å². The molecule has 156 valence electrons. The Hall–Kier alpha value is -2.42. The minimum absolute atomic E-state index is 0.112. The number of sulfonamides is 1. The number of benzene rings is 2. The molecule has 0 radical (unpaired) electrons. The second-order valence-electron chi connectivity index (χ2n) is 7.29. The van der Waals surface area contributed by atoms with Crippen molar-refractivity contribution in [3.63, 3.8) is 0 Å². The largest absolute Gasteiger partial charge is 0.495 e. The van der Waals surface area contributed by atoms with Crippen LogP contribution in [0, 0.1) is 6.92 Å². The molecule has 7 nitrogen and oxygen atoms in total. The molecule has 1 aliphatic heterocycles. The van der Waals surface area contributed by atoms with Gasteiger partial charge in [0.1, 0.15) is 5.75 Å². The van der Waals surface area contributed by atoms with Gasteiger partial charge in [-0.1, -0.05) is 29.8 Å². The molecule has 1 saturated heterocycles. The number of rotatable bonds is 6. The van der Waals surface area contributed by atoms with E-state index in [1.807, 2.05) is 26.0 Å². The van der Waals surface area contributed by atoms with Crippen LogP contribution in [-0.4, -0.2) is 58.0 Å². The summed E-state index contributed by atoms with van der Waals surface area (Å²) < 4.78 is 32.5. The minimum Gasteiger partial charge on any atom is -0.495 e. The maximum absolute atomic E-state index is 12.8. The Labute approximate surface area is 172 Å². The van der Waals surface area contributed by atoms with Crippen molar-refractivity contribution in [3.8, 4) is 5.75 Å². The number of aryl methyl sites for hydroxylation is 1. The molecule has 0 aliphatic carbocycles. The van der Waals surface area contributed by atoms with Gasteiger partial charge in [-0.25, -0.2) is 8.42 Å². The first-order valence-corrected chi connectivity index (χ1v) is 11.1. The van der Waals surface area contributed by atoms with Crippen LogP contribution in [0.25, 0.3) is 0 Å². The molecule has 0 spiro atoms. The number of carbonyl (C=O) groups excluding carboxylic acids is 1. The highest BCUT2D eigenvalue weighted by Crippen LogP contribution is 2.23. The molecule has 1 fully saturated rings. The van der Waals surface area contributed by atoms with Crippen molar-refractivity contribution in [2.75, 3.05) is 38.6 Å². The summed E-state index contributed by atoms with van der Waals surface area (Å²) in [6, 6.07) is 13.9. The fourth-order valence-electron chi connectivity index (χ4n) is 3.48. The standard InChI is InChI=1S/C21H27N3O4S/c1-16-8-10-18(11-9-16)29(26,27)24-14-12-23(13-15-24)17(2)21(25)22-19-6-4-5-7-20(19)28-3/h4-11,17H,12-15H2,1-3H3,(H,22,25)/p+1/t17-/m0/s1. The molecule has 2 N–H and O–H groups in total. The Morgan fingerprint density at radius 3 is 2.34 bits per heavy atom. The number of nitrogens with zero attached hydrogens (tertiary/aromatic N) is 1. The van der Waals surface area contributed by atoms with Gasteiger partial charge in [0.05, 0.1) is 43.9 Å². The molecule has 2 aromatic carbocycles. The van der Waals surface area contributed by atoms with E-state index in [0.717, 1.165) is 10.5 Å². The first-order chi connectivity index (χ1) is 13.8. The van der Waals surface area contributed by atoms with E-state index < -0.39 is 10.0 Å². The third-order valence-electron chi connectivity index (χ3n) is 5.39. The normalized spacial score (nSPS) is 16.9. The molecular formula is C21H28N3O4S+. The fraction of sp³-hybridized carbons (Fsp3) is 0.381. The Kier molecular flexibility index (Phi) is 6.56. The van der Waals surface area contributed by atoms with Gasteiger partial charge in [0.25, 0.3) is 5.91 Å². The molecule has 1 aliphatic rings. The Morgan fingerprint density at radius 1 is 1.10 bits per heavy atom. The van der Waals surface area contributed by atoms with Crippen LogP contribution in [0.1, 0.15) is 12.5 Å². The number of hydrogen-bond donors (Lipinski definition) is 2. The highest BCUT2D eigenvalue weighted by atomic mass is 32.2. The van der Waals surface area contributed by atoms with E-state index in [1.54, 1.807) is 43.5 Å². The molecule has 1 atom stereocenters. The highest BCUT2D eigenvalue weighted by molar-refractivity contribution is 7.89. The van der Waals surface area contributed by atoms with Crippen molar-refractivity contribution < 1.29 is 22.8 Å². The van der Waals surface area contributed by atoms with Gasteiger partial charge in [-0.15, -0.1) is 0 Å². The summed E-state index contributed by atoms with van der Waals surface area (Å²) in [6.07, 6.45) is 0. The number of nitrogens with one attached hydrogen (secondary N) is 2. The van der Waals surface area contributed by atoms with Crippen LogP contribution in [0.3, 0.4) is 0 Å². The number of hydrogen-bond acceptors (Lipinski definition) is 4. The zero-order valence-electron chi connectivity index (χ0n) is 17.0. The van der Waals surface area contributed by atoms with E-state index in [2.05, 4.69) is 5.32 Å². The van der Waals surface area contributed by atoms with Gasteiger partial charge in [0.15, 0.2) is 6.04 Å². The summed E-state index contributed by atoms with van der Waals surface area (Å²) in [4.78, 5) is 14.1. The second-order valence-corrected chi connectivity index (χ2v) is 9.22. The van der Waals surface area contributed by atoms with Gasteiger partial charge in [-0.05, 0) is 38.1 Å². The zero-order valence-corrected chi connectivity index (χ0v) is 17.8. The van der Waals surface area contributed by atoms with Gasteiger partial charge in [0.2, 0.25) is 10.0 Å². The van der Waals surface area contributed by atoms with Crippen molar-refractivity contribution in [3.05, 3.63) is 54.1 Å². The molecule has 1 amide bonds. The number of para-hydroxylation sites is 2. The minimum atomic E-state index is -3.50. The summed E-state index contributed by atoms with van der Waals surface area (Å²) in [5, 5.41) is 2.91. The molecule has 3 rings (SSSR count). The summed E-state index contributed by atoms with van der Waals surface area (Å²) in [5.74, 6) is 0.497. The SMILES string of the molecule is COc1ccccc1NC(=O)[C@H](C)[NH+]1CCN(S(=O)(=O)c2ccc(C)cc2)CC1. The summed E-state index contributed by atoms with van der Waals surface area (Å²) >= 11 is 0. The van der Waals surface area contributed by atoms with Crippen molar-refractivity contribution in [2.45, 2.75) is 24.8 Å². The van der Waals surface area contributed by atoms with Gasteiger partial charge in [0, 0.05) is 0 Å². The van der Waals surface area contributed by atoms with Gasteiger partial charge < -0.3 is 15.0 Å². The van der Waals surface area contributed by atoms with Crippen molar-refractivity contribution in [2.24, 2.45) is 0 Å². The second kappa shape index (κ2) is 8.94. The van der Waals surface area contributed by atoms with Crippen LogP contribution in [-0.2, 0) is 14.8 Å². The highest BCUT2D eigenvalue weighted by Gasteiger charge is 2.34. The smallest absolute Gasteiger partial charge is 0.282 e. The third kappa shape index (κ3) is 4.77. The van der Waals surface area contributed by atoms with Crippen LogP contribution in [0.5, 0.6) is 5.75 Å². The Bertz CT molecular complexity index is 952. The third-order valence-corrected chi connectivity index (χ3v) is 7.31. The molecule has 29 heavy (non-hydrogen) atoms. The average Bonchev–Trinajstić information content (AvgIpc) is 2.74.